The minimum Gasteiger partial charge on any atom is -0.652 e. The molecule has 0 atom stereocenters. The molecule has 6 nitrogen and oxygen atoms in total. The molecule has 0 amide bonds. The first-order chi connectivity index (χ1) is 6.45. The fourth-order valence-corrected chi connectivity index (χ4v) is 0.706. The predicted octanol–water partition coefficient (Wildman–Crippen LogP) is -9.37. The summed E-state index contributed by atoms with van der Waals surface area (Å²) in [5, 5.41) is 42.8. The van der Waals surface area contributed by atoms with Crippen molar-refractivity contribution in [1.82, 2.24) is 0 Å². The summed E-state index contributed by atoms with van der Waals surface area (Å²) in [5.74, 6) is -0.0995. The number of para-hydroxylation sites is 1. The van der Waals surface area contributed by atoms with Crippen LogP contribution in [0.4, 0.5) is 4.79 Å². The van der Waals surface area contributed by atoms with E-state index in [-0.39, 0.29) is 114 Å². The van der Waals surface area contributed by atoms with Crippen LogP contribution in [0, 0.1) is 0 Å². The van der Waals surface area contributed by atoms with Crippen molar-refractivity contribution in [2.75, 3.05) is 0 Å². The fraction of sp³-hybridized carbons (Fsp3) is 0. The van der Waals surface area contributed by atoms with Crippen molar-refractivity contribution in [3.05, 3.63) is 24.3 Å². The molecule has 16 heavy (non-hydrogen) atoms. The molecular formula is C7H7BK2O6. The molecule has 1 aromatic carbocycles. The van der Waals surface area contributed by atoms with Crippen molar-refractivity contribution in [3.63, 3.8) is 0 Å². The van der Waals surface area contributed by atoms with Gasteiger partial charge in [0, 0.05) is 5.46 Å². The first-order valence-electron chi connectivity index (χ1n) is 3.47. The van der Waals surface area contributed by atoms with Gasteiger partial charge in [0.2, 0.25) is 0 Å². The third-order valence-corrected chi connectivity index (χ3v) is 1.21. The van der Waals surface area contributed by atoms with E-state index in [4.69, 9.17) is 30.2 Å². The van der Waals surface area contributed by atoms with Gasteiger partial charge in [-0.3, -0.25) is 0 Å². The van der Waals surface area contributed by atoms with Crippen LogP contribution < -0.4 is 118 Å². The molecule has 0 aliphatic rings. The Morgan fingerprint density at radius 3 is 1.75 bits per heavy atom. The van der Waals surface area contributed by atoms with E-state index in [1.165, 1.54) is 12.1 Å². The minimum atomic E-state index is -2.33. The summed E-state index contributed by atoms with van der Waals surface area (Å²) in [6, 6.07) is 6.07. The van der Waals surface area contributed by atoms with Crippen molar-refractivity contribution in [2.24, 2.45) is 0 Å². The first kappa shape index (κ1) is 22.7. The van der Waals surface area contributed by atoms with Gasteiger partial charge in [-0.1, -0.05) is 18.2 Å². The van der Waals surface area contributed by atoms with E-state index >= 15 is 0 Å². The summed E-state index contributed by atoms with van der Waals surface area (Å²) in [7, 11) is -1.60. The second kappa shape index (κ2) is 13.0. The van der Waals surface area contributed by atoms with Crippen LogP contribution in [0.5, 0.6) is 5.75 Å². The molecular weight excluding hydrogens is 269 g/mol. The van der Waals surface area contributed by atoms with E-state index < -0.39 is 13.3 Å². The SMILES string of the molecule is O=C([O-])[O-].OB(O)c1ccccc1O.[K+].[K+]. The normalized spacial score (nSPS) is 7.38. The molecule has 0 spiro atoms. The third-order valence-electron chi connectivity index (χ3n) is 1.21. The Balaban J connectivity index is -0.000000249. The van der Waals surface area contributed by atoms with Gasteiger partial charge in [-0.15, -0.1) is 0 Å². The molecule has 76 valence electrons. The molecule has 0 heterocycles. The molecule has 0 bridgehead atoms. The minimum absolute atomic E-state index is 0. The maximum atomic E-state index is 8.96. The van der Waals surface area contributed by atoms with Crippen molar-refractivity contribution < 1.29 is 133 Å². The molecule has 3 N–H and O–H groups in total. The number of phenols is 1. The molecule has 0 aliphatic heterocycles. The Labute approximate surface area is 178 Å². The maximum Gasteiger partial charge on any atom is 1.00 e. The molecule has 0 aromatic heterocycles. The zero-order chi connectivity index (χ0) is 11.1. The van der Waals surface area contributed by atoms with Crippen LogP contribution in [0.15, 0.2) is 24.3 Å². The summed E-state index contributed by atoms with van der Waals surface area (Å²) in [6.45, 7) is 0. The van der Waals surface area contributed by atoms with Crippen LogP contribution in [0.1, 0.15) is 0 Å². The van der Waals surface area contributed by atoms with Crippen LogP contribution >= 0.6 is 0 Å². The molecule has 0 radical (unpaired) electrons. The molecule has 0 aliphatic carbocycles. The average molecular weight is 276 g/mol. The van der Waals surface area contributed by atoms with E-state index in [0.29, 0.717) is 0 Å². The fourth-order valence-electron chi connectivity index (χ4n) is 0.706. The topological polar surface area (TPSA) is 124 Å². The second-order valence-corrected chi connectivity index (χ2v) is 2.18. The van der Waals surface area contributed by atoms with Gasteiger partial charge in [-0.05, 0) is 12.2 Å². The Bertz CT molecular complexity index is 305. The summed E-state index contributed by atoms with van der Waals surface area (Å²) in [5.41, 5.74) is 0.127. The Hall–Kier alpha value is 1.55. The second-order valence-electron chi connectivity index (χ2n) is 2.18. The van der Waals surface area contributed by atoms with Gasteiger partial charge < -0.3 is 30.2 Å². The maximum absolute atomic E-state index is 8.96. The molecule has 0 saturated heterocycles. The Morgan fingerprint density at radius 1 is 1.12 bits per heavy atom. The molecule has 0 fully saturated rings. The van der Waals surface area contributed by atoms with Crippen molar-refractivity contribution in [2.45, 2.75) is 0 Å². The van der Waals surface area contributed by atoms with E-state index in [1.807, 2.05) is 0 Å². The van der Waals surface area contributed by atoms with Crippen molar-refractivity contribution >= 4 is 18.7 Å². The number of rotatable bonds is 1. The van der Waals surface area contributed by atoms with Gasteiger partial charge in [0.25, 0.3) is 0 Å². The number of carboxylic acid groups (broad SMARTS) is 2. The van der Waals surface area contributed by atoms with Gasteiger partial charge in [0.15, 0.2) is 0 Å². The average Bonchev–Trinajstić information content (AvgIpc) is 2.03. The molecule has 0 saturated carbocycles. The van der Waals surface area contributed by atoms with E-state index in [0.717, 1.165) is 0 Å². The summed E-state index contributed by atoms with van der Waals surface area (Å²) in [6.07, 6.45) is -2.33. The van der Waals surface area contributed by atoms with Gasteiger partial charge >= 0.3 is 110 Å². The van der Waals surface area contributed by atoms with Crippen molar-refractivity contribution in [1.29, 1.82) is 0 Å². The Morgan fingerprint density at radius 2 is 1.50 bits per heavy atom. The van der Waals surface area contributed by atoms with Gasteiger partial charge in [-0.25, -0.2) is 0 Å². The van der Waals surface area contributed by atoms with Crippen molar-refractivity contribution in [3.8, 4) is 5.75 Å². The molecule has 1 aromatic rings. The number of benzene rings is 1. The zero-order valence-electron chi connectivity index (χ0n) is 8.95. The first-order valence-corrected chi connectivity index (χ1v) is 3.47. The molecule has 0 unspecified atom stereocenters. The summed E-state index contributed by atoms with van der Waals surface area (Å²) in [4.78, 5) is 8.33. The number of aromatic hydroxyl groups is 1. The van der Waals surface area contributed by atoms with E-state index in [9.17, 15) is 0 Å². The van der Waals surface area contributed by atoms with Crippen LogP contribution in [0.25, 0.3) is 0 Å². The number of phenolic OH excluding ortho intramolecular Hbond substituents is 1. The largest absolute Gasteiger partial charge is 1.00 e. The number of hydrogen-bond donors (Lipinski definition) is 3. The monoisotopic (exact) mass is 276 g/mol. The van der Waals surface area contributed by atoms with E-state index in [2.05, 4.69) is 0 Å². The van der Waals surface area contributed by atoms with Gasteiger partial charge in [0.1, 0.15) is 5.75 Å². The van der Waals surface area contributed by atoms with Gasteiger partial charge in [-0.2, -0.15) is 0 Å². The summed E-state index contributed by atoms with van der Waals surface area (Å²) < 4.78 is 0. The van der Waals surface area contributed by atoms with E-state index in [1.54, 1.807) is 12.1 Å². The van der Waals surface area contributed by atoms with Crippen LogP contribution in [-0.2, 0) is 0 Å². The number of carbonyl (C=O) groups excluding carboxylic acids is 1. The smallest absolute Gasteiger partial charge is 0.652 e. The van der Waals surface area contributed by atoms with Crippen LogP contribution in [0.2, 0.25) is 0 Å². The molecule has 9 heteroatoms. The zero-order valence-corrected chi connectivity index (χ0v) is 15.2. The standard InChI is InChI=1S/C6H7BO3.CH2O3.2K/c8-6-4-2-1-3-5(6)7(9)10;2-1(3)4;;/h1-4,8-10H;(H2,2,3,4);;/q;;2*+1/p-2. The third kappa shape index (κ3) is 12.0. The molecule has 1 rings (SSSR count). The number of hydrogen-bond acceptors (Lipinski definition) is 6. The quantitative estimate of drug-likeness (QED) is 0.438. The summed E-state index contributed by atoms with van der Waals surface area (Å²) >= 11 is 0. The van der Waals surface area contributed by atoms with Crippen LogP contribution in [-0.4, -0.2) is 28.4 Å². The van der Waals surface area contributed by atoms with Crippen LogP contribution in [0.3, 0.4) is 0 Å². The predicted molar refractivity (Wildman–Crippen MR) is 43.3 cm³/mol. The van der Waals surface area contributed by atoms with Gasteiger partial charge in [0.05, 0.1) is 0 Å². The Kier molecular flexibility index (Phi) is 18.4. The number of carbonyl (C=O) groups is 1.